The molecule has 1 aliphatic rings. The van der Waals surface area contributed by atoms with Crippen LogP contribution in [0.4, 0.5) is 10.6 Å². The lowest BCUT2D eigenvalue weighted by Gasteiger charge is -2.21. The Bertz CT molecular complexity index is 791. The summed E-state index contributed by atoms with van der Waals surface area (Å²) in [7, 11) is 0. The van der Waals surface area contributed by atoms with Gasteiger partial charge < -0.3 is 15.6 Å². The van der Waals surface area contributed by atoms with E-state index in [1.807, 2.05) is 24.3 Å². The fourth-order valence-corrected chi connectivity index (χ4v) is 2.99. The molecule has 1 aliphatic heterocycles. The molecule has 3 N–H and O–H groups in total. The average Bonchev–Trinajstić information content (AvgIpc) is 2.98. The first-order chi connectivity index (χ1) is 12.1. The number of amides is 1. The second-order valence-corrected chi connectivity index (χ2v) is 5.81. The average molecular weight is 341 g/mol. The molecular formula is C18H19N3O4. The number of aliphatic hydroxyl groups excluding tert-OH is 1. The lowest BCUT2D eigenvalue weighted by atomic mass is 10.0. The molecule has 0 bridgehead atoms. The maximum absolute atomic E-state index is 12.1. The Morgan fingerprint density at radius 3 is 2.68 bits per heavy atom. The van der Waals surface area contributed by atoms with Gasteiger partial charge in [-0.15, -0.1) is 0 Å². The Morgan fingerprint density at radius 1 is 1.32 bits per heavy atom. The zero-order valence-corrected chi connectivity index (χ0v) is 13.8. The van der Waals surface area contributed by atoms with Crippen molar-refractivity contribution in [1.82, 2.24) is 4.98 Å². The van der Waals surface area contributed by atoms with Gasteiger partial charge in [-0.1, -0.05) is 24.3 Å². The normalized spacial score (nSPS) is 19.8. The summed E-state index contributed by atoms with van der Waals surface area (Å²) in [6, 6.07) is 10.4. The van der Waals surface area contributed by atoms with E-state index in [1.165, 1.54) is 11.8 Å². The summed E-state index contributed by atoms with van der Waals surface area (Å²) in [5, 5.41) is 9.45. The molecule has 0 saturated carbocycles. The first-order valence-electron chi connectivity index (χ1n) is 7.92. The Kier molecular flexibility index (Phi) is 4.78. The lowest BCUT2D eigenvalue weighted by Crippen LogP contribution is -2.45. The molecule has 2 atom stereocenters. The maximum Gasteiger partial charge on any atom is 0.416 e. The number of rotatable bonds is 5. The van der Waals surface area contributed by atoms with E-state index >= 15 is 0 Å². The van der Waals surface area contributed by atoms with Gasteiger partial charge >= 0.3 is 6.09 Å². The standard InChI is InChI=1S/C18H19N3O4/c1-11(23)17-15(8-19)21(18(24)25-17)16-7-6-12(9-20-16)14-5-3-2-4-13(14)10-22/h2-7,9,15,17,22H,8,10,19H2,1H3/t15?,17-/m1/s1. The zero-order valence-electron chi connectivity index (χ0n) is 13.8. The predicted octanol–water partition coefficient (Wildman–Crippen LogP) is 1.48. The van der Waals surface area contributed by atoms with Gasteiger partial charge in [0.25, 0.3) is 0 Å². The van der Waals surface area contributed by atoms with Gasteiger partial charge in [0.05, 0.1) is 12.6 Å². The number of ether oxygens (including phenoxy) is 1. The third kappa shape index (κ3) is 3.11. The number of ketones is 1. The van der Waals surface area contributed by atoms with Crippen LogP contribution in [-0.2, 0) is 16.1 Å². The number of benzene rings is 1. The zero-order chi connectivity index (χ0) is 18.0. The molecule has 7 heteroatoms. The summed E-state index contributed by atoms with van der Waals surface area (Å²) in [6.07, 6.45) is 0.104. The molecule has 1 saturated heterocycles. The summed E-state index contributed by atoms with van der Waals surface area (Å²) in [5.41, 5.74) is 8.19. The summed E-state index contributed by atoms with van der Waals surface area (Å²) in [4.78, 5) is 29.4. The highest BCUT2D eigenvalue weighted by atomic mass is 16.6. The van der Waals surface area contributed by atoms with Crippen LogP contribution in [0, 0.1) is 0 Å². The van der Waals surface area contributed by atoms with E-state index in [4.69, 9.17) is 10.5 Å². The van der Waals surface area contributed by atoms with Crippen molar-refractivity contribution < 1.29 is 19.4 Å². The highest BCUT2D eigenvalue weighted by molar-refractivity contribution is 5.96. The largest absolute Gasteiger partial charge is 0.435 e. The SMILES string of the molecule is CC(=O)[C@H]1OC(=O)N(c2ccc(-c3ccccc3CO)cn2)C1CN. The smallest absolute Gasteiger partial charge is 0.416 e. The minimum Gasteiger partial charge on any atom is -0.435 e. The van der Waals surface area contributed by atoms with Gasteiger partial charge in [-0.05, 0) is 30.2 Å². The van der Waals surface area contributed by atoms with E-state index < -0.39 is 18.2 Å². The molecular weight excluding hydrogens is 322 g/mol. The summed E-state index contributed by atoms with van der Waals surface area (Å²) >= 11 is 0. The summed E-state index contributed by atoms with van der Waals surface area (Å²) < 4.78 is 5.13. The number of carbonyl (C=O) groups is 2. The molecule has 0 aliphatic carbocycles. The number of hydrogen-bond acceptors (Lipinski definition) is 6. The second-order valence-electron chi connectivity index (χ2n) is 5.81. The third-order valence-corrected chi connectivity index (χ3v) is 4.24. The Hall–Kier alpha value is -2.77. The number of anilines is 1. The Morgan fingerprint density at radius 2 is 2.08 bits per heavy atom. The monoisotopic (exact) mass is 341 g/mol. The number of nitrogens with zero attached hydrogens (tertiary/aromatic N) is 2. The number of nitrogens with two attached hydrogens (primary N) is 1. The number of pyridine rings is 1. The Labute approximate surface area is 145 Å². The van der Waals surface area contributed by atoms with E-state index in [-0.39, 0.29) is 18.9 Å². The van der Waals surface area contributed by atoms with E-state index in [2.05, 4.69) is 4.98 Å². The van der Waals surface area contributed by atoms with E-state index in [1.54, 1.807) is 18.3 Å². The van der Waals surface area contributed by atoms with Gasteiger partial charge in [0.15, 0.2) is 11.9 Å². The minimum absolute atomic E-state index is 0.0775. The number of aliphatic hydroxyl groups is 1. The van der Waals surface area contributed by atoms with Crippen molar-refractivity contribution in [3.05, 3.63) is 48.2 Å². The molecule has 0 radical (unpaired) electrons. The van der Waals surface area contributed by atoms with Gasteiger partial charge in [-0.2, -0.15) is 0 Å². The van der Waals surface area contributed by atoms with Crippen molar-refractivity contribution in [2.45, 2.75) is 25.7 Å². The van der Waals surface area contributed by atoms with Crippen molar-refractivity contribution in [1.29, 1.82) is 0 Å². The molecule has 2 heterocycles. The highest BCUT2D eigenvalue weighted by Gasteiger charge is 2.44. The van der Waals surface area contributed by atoms with Gasteiger partial charge in [-0.3, -0.25) is 9.69 Å². The summed E-state index contributed by atoms with van der Waals surface area (Å²) in [5.74, 6) is 0.120. The molecule has 7 nitrogen and oxygen atoms in total. The van der Waals surface area contributed by atoms with Crippen LogP contribution in [0.1, 0.15) is 12.5 Å². The van der Waals surface area contributed by atoms with Crippen LogP contribution in [0.15, 0.2) is 42.6 Å². The molecule has 25 heavy (non-hydrogen) atoms. The minimum atomic E-state index is -0.880. The van der Waals surface area contributed by atoms with E-state index in [9.17, 15) is 14.7 Å². The molecule has 1 fully saturated rings. The molecule has 1 amide bonds. The number of carbonyl (C=O) groups excluding carboxylic acids is 2. The van der Waals surface area contributed by atoms with Crippen molar-refractivity contribution in [2.75, 3.05) is 11.4 Å². The van der Waals surface area contributed by atoms with Gasteiger partial charge in [0.1, 0.15) is 5.82 Å². The third-order valence-electron chi connectivity index (χ3n) is 4.24. The quantitative estimate of drug-likeness (QED) is 0.853. The van der Waals surface area contributed by atoms with Crippen molar-refractivity contribution >= 4 is 17.7 Å². The van der Waals surface area contributed by atoms with Crippen LogP contribution in [0.2, 0.25) is 0 Å². The highest BCUT2D eigenvalue weighted by Crippen LogP contribution is 2.28. The molecule has 1 aromatic carbocycles. The fraction of sp³-hybridized carbons (Fsp3) is 0.278. The van der Waals surface area contributed by atoms with Crippen LogP contribution in [0.3, 0.4) is 0 Å². The van der Waals surface area contributed by atoms with E-state index in [0.29, 0.717) is 5.82 Å². The van der Waals surface area contributed by atoms with Crippen molar-refractivity contribution in [3.8, 4) is 11.1 Å². The topological polar surface area (TPSA) is 106 Å². The molecule has 1 aromatic heterocycles. The van der Waals surface area contributed by atoms with Crippen molar-refractivity contribution in [2.24, 2.45) is 5.73 Å². The second kappa shape index (κ2) is 7.00. The molecule has 2 aromatic rings. The first kappa shape index (κ1) is 17.1. The molecule has 3 rings (SSSR count). The van der Waals surface area contributed by atoms with Crippen LogP contribution in [0.5, 0.6) is 0 Å². The van der Waals surface area contributed by atoms with Crippen LogP contribution in [-0.4, -0.2) is 40.7 Å². The van der Waals surface area contributed by atoms with Crippen molar-refractivity contribution in [3.63, 3.8) is 0 Å². The summed E-state index contributed by atoms with van der Waals surface area (Å²) in [6.45, 7) is 1.38. The number of hydrogen-bond donors (Lipinski definition) is 2. The predicted molar refractivity (Wildman–Crippen MR) is 91.9 cm³/mol. The number of Topliss-reactive ketones (excluding diaryl/α,β-unsaturated/α-hetero) is 1. The molecule has 0 spiro atoms. The number of aromatic nitrogens is 1. The maximum atomic E-state index is 12.1. The first-order valence-corrected chi connectivity index (χ1v) is 7.92. The van der Waals surface area contributed by atoms with E-state index in [0.717, 1.165) is 16.7 Å². The lowest BCUT2D eigenvalue weighted by molar-refractivity contribution is -0.124. The fourth-order valence-electron chi connectivity index (χ4n) is 2.99. The molecule has 130 valence electrons. The van der Waals surface area contributed by atoms with Crippen LogP contribution in [0.25, 0.3) is 11.1 Å². The number of cyclic esters (lactones) is 1. The van der Waals surface area contributed by atoms with Gasteiger partial charge in [-0.25, -0.2) is 9.78 Å². The van der Waals surface area contributed by atoms with Crippen LogP contribution < -0.4 is 10.6 Å². The van der Waals surface area contributed by atoms with Crippen LogP contribution >= 0.6 is 0 Å². The van der Waals surface area contributed by atoms with Gasteiger partial charge in [0, 0.05) is 18.3 Å². The Balaban J connectivity index is 1.92. The molecule has 1 unspecified atom stereocenters. The van der Waals surface area contributed by atoms with Gasteiger partial charge in [0.2, 0.25) is 0 Å².